The first-order valence-corrected chi connectivity index (χ1v) is 8.47. The van der Waals surface area contributed by atoms with E-state index in [4.69, 9.17) is 0 Å². The molecule has 1 saturated carbocycles. The molecule has 0 aliphatic heterocycles. The zero-order chi connectivity index (χ0) is 12.9. The first kappa shape index (κ1) is 14.9. The van der Waals surface area contributed by atoms with Gasteiger partial charge >= 0.3 is 0 Å². The average Bonchev–Trinajstić information content (AvgIpc) is 2.23. The monoisotopic (exact) mass is 263 g/mol. The molecular formula is C12H25NO3S. The summed E-state index contributed by atoms with van der Waals surface area (Å²) in [5.74, 6) is 0.857. The van der Waals surface area contributed by atoms with Gasteiger partial charge in [-0.25, -0.2) is 8.42 Å². The molecule has 0 radical (unpaired) electrons. The van der Waals surface area contributed by atoms with Gasteiger partial charge in [-0.15, -0.1) is 0 Å². The molecule has 5 heteroatoms. The second kappa shape index (κ2) is 6.16. The summed E-state index contributed by atoms with van der Waals surface area (Å²) in [6.07, 6.45) is 6.23. The number of aliphatic hydroxyl groups is 1. The first-order chi connectivity index (χ1) is 7.87. The van der Waals surface area contributed by atoms with Gasteiger partial charge in [0.25, 0.3) is 0 Å². The first-order valence-electron chi connectivity index (χ1n) is 6.40. The number of hydrogen-bond acceptors (Lipinski definition) is 4. The third-order valence-electron chi connectivity index (χ3n) is 3.59. The molecule has 0 spiro atoms. The van der Waals surface area contributed by atoms with Crippen molar-refractivity contribution < 1.29 is 13.5 Å². The number of nitrogens with one attached hydrogen (secondary N) is 1. The molecule has 1 aliphatic rings. The van der Waals surface area contributed by atoms with Gasteiger partial charge in [0.2, 0.25) is 0 Å². The molecule has 4 nitrogen and oxygen atoms in total. The SMILES string of the molecule is CC1CCCC(CO)(NCCCS(C)(=O)=O)C1. The summed E-state index contributed by atoms with van der Waals surface area (Å²) >= 11 is 0. The molecule has 1 fully saturated rings. The molecule has 0 aromatic heterocycles. The molecule has 0 amide bonds. The summed E-state index contributed by atoms with van der Waals surface area (Å²) in [5, 5.41) is 12.9. The van der Waals surface area contributed by atoms with Crippen molar-refractivity contribution in [1.29, 1.82) is 0 Å². The highest BCUT2D eigenvalue weighted by atomic mass is 32.2. The molecule has 2 atom stereocenters. The molecule has 17 heavy (non-hydrogen) atoms. The van der Waals surface area contributed by atoms with Gasteiger partial charge < -0.3 is 10.4 Å². The lowest BCUT2D eigenvalue weighted by molar-refractivity contribution is 0.100. The predicted molar refractivity (Wildman–Crippen MR) is 69.8 cm³/mol. The Hall–Kier alpha value is -0.130. The van der Waals surface area contributed by atoms with E-state index >= 15 is 0 Å². The van der Waals surface area contributed by atoms with Crippen LogP contribution in [0.2, 0.25) is 0 Å². The Morgan fingerprint density at radius 2 is 2.18 bits per heavy atom. The minimum atomic E-state index is -2.87. The Balaban J connectivity index is 2.36. The Morgan fingerprint density at radius 1 is 1.47 bits per heavy atom. The minimum absolute atomic E-state index is 0.149. The van der Waals surface area contributed by atoms with Crippen molar-refractivity contribution in [2.75, 3.05) is 25.2 Å². The summed E-state index contributed by atoms with van der Waals surface area (Å²) in [6, 6.07) is 0. The molecule has 1 rings (SSSR count). The van der Waals surface area contributed by atoms with Crippen molar-refractivity contribution in [3.05, 3.63) is 0 Å². The Morgan fingerprint density at radius 3 is 2.71 bits per heavy atom. The lowest BCUT2D eigenvalue weighted by Gasteiger charge is -2.39. The number of hydrogen-bond donors (Lipinski definition) is 2. The molecule has 0 bridgehead atoms. The fraction of sp³-hybridized carbons (Fsp3) is 1.00. The third kappa shape index (κ3) is 5.36. The summed E-state index contributed by atoms with van der Waals surface area (Å²) < 4.78 is 22.0. The highest BCUT2D eigenvalue weighted by molar-refractivity contribution is 7.90. The largest absolute Gasteiger partial charge is 0.394 e. The molecule has 0 saturated heterocycles. The van der Waals surface area contributed by atoms with Crippen LogP contribution in [0, 0.1) is 5.92 Å². The highest BCUT2D eigenvalue weighted by Crippen LogP contribution is 2.31. The summed E-state index contributed by atoms with van der Waals surface area (Å²) in [6.45, 7) is 3.03. The number of aliphatic hydroxyl groups excluding tert-OH is 1. The van der Waals surface area contributed by atoms with Crippen molar-refractivity contribution in [3.8, 4) is 0 Å². The van der Waals surface area contributed by atoms with E-state index in [0.717, 1.165) is 19.3 Å². The van der Waals surface area contributed by atoms with E-state index in [9.17, 15) is 13.5 Å². The smallest absolute Gasteiger partial charge is 0.147 e. The standard InChI is InChI=1S/C12H25NO3S/c1-11-5-3-6-12(9-11,10-14)13-7-4-8-17(2,15)16/h11,13-14H,3-10H2,1-2H3. The summed E-state index contributed by atoms with van der Waals surface area (Å²) in [5.41, 5.74) is -0.171. The van der Waals surface area contributed by atoms with E-state index in [1.54, 1.807) is 0 Å². The zero-order valence-electron chi connectivity index (χ0n) is 10.9. The van der Waals surface area contributed by atoms with Crippen molar-refractivity contribution >= 4 is 9.84 Å². The van der Waals surface area contributed by atoms with E-state index in [1.165, 1.54) is 12.7 Å². The topological polar surface area (TPSA) is 66.4 Å². The maximum atomic E-state index is 11.0. The van der Waals surface area contributed by atoms with Crippen LogP contribution in [0.25, 0.3) is 0 Å². The van der Waals surface area contributed by atoms with Crippen molar-refractivity contribution in [1.82, 2.24) is 5.32 Å². The van der Waals surface area contributed by atoms with Crippen molar-refractivity contribution in [2.45, 2.75) is 44.6 Å². The van der Waals surface area contributed by atoms with Gasteiger partial charge in [-0.1, -0.05) is 19.8 Å². The lowest BCUT2D eigenvalue weighted by Crippen LogP contribution is -2.51. The second-order valence-electron chi connectivity index (χ2n) is 5.55. The second-order valence-corrected chi connectivity index (χ2v) is 7.81. The third-order valence-corrected chi connectivity index (χ3v) is 4.62. The van der Waals surface area contributed by atoms with Crippen LogP contribution in [0.15, 0.2) is 0 Å². The molecule has 102 valence electrons. The van der Waals surface area contributed by atoms with Crippen molar-refractivity contribution in [3.63, 3.8) is 0 Å². The van der Waals surface area contributed by atoms with Crippen LogP contribution < -0.4 is 5.32 Å². The van der Waals surface area contributed by atoms with Crippen LogP contribution in [0.1, 0.15) is 39.0 Å². The van der Waals surface area contributed by atoms with Gasteiger partial charge in [-0.3, -0.25) is 0 Å². The van der Waals surface area contributed by atoms with Crippen LogP contribution in [-0.4, -0.2) is 44.2 Å². The van der Waals surface area contributed by atoms with E-state index < -0.39 is 9.84 Å². The van der Waals surface area contributed by atoms with E-state index in [1.807, 2.05) is 0 Å². The fourth-order valence-electron chi connectivity index (χ4n) is 2.71. The Kier molecular flexibility index (Phi) is 5.41. The van der Waals surface area contributed by atoms with Gasteiger partial charge in [-0.2, -0.15) is 0 Å². The van der Waals surface area contributed by atoms with Gasteiger partial charge in [0.15, 0.2) is 0 Å². The van der Waals surface area contributed by atoms with Crippen molar-refractivity contribution in [2.24, 2.45) is 5.92 Å². The molecule has 0 aromatic rings. The van der Waals surface area contributed by atoms with Crippen LogP contribution in [0.5, 0.6) is 0 Å². The molecule has 0 aromatic carbocycles. The van der Waals surface area contributed by atoms with E-state index in [-0.39, 0.29) is 17.9 Å². The minimum Gasteiger partial charge on any atom is -0.394 e. The van der Waals surface area contributed by atoms with E-state index in [2.05, 4.69) is 12.2 Å². The van der Waals surface area contributed by atoms with Gasteiger partial charge in [-0.05, 0) is 31.7 Å². The fourth-order valence-corrected chi connectivity index (χ4v) is 3.38. The van der Waals surface area contributed by atoms with E-state index in [0.29, 0.717) is 18.9 Å². The number of rotatable bonds is 6. The maximum absolute atomic E-state index is 11.0. The van der Waals surface area contributed by atoms with Gasteiger partial charge in [0, 0.05) is 11.8 Å². The quantitative estimate of drug-likeness (QED) is 0.700. The molecule has 2 N–H and O–H groups in total. The van der Waals surface area contributed by atoms with Crippen LogP contribution in [0.3, 0.4) is 0 Å². The molecule has 0 heterocycles. The Bertz CT molecular complexity index is 329. The van der Waals surface area contributed by atoms with Crippen LogP contribution in [0.4, 0.5) is 0 Å². The Labute approximate surface area is 105 Å². The molecular weight excluding hydrogens is 238 g/mol. The average molecular weight is 263 g/mol. The molecule has 1 aliphatic carbocycles. The predicted octanol–water partition coefficient (Wildman–Crippen LogP) is 0.952. The van der Waals surface area contributed by atoms with Gasteiger partial charge in [0.05, 0.1) is 12.4 Å². The lowest BCUT2D eigenvalue weighted by atomic mass is 9.77. The van der Waals surface area contributed by atoms with Gasteiger partial charge in [0.1, 0.15) is 9.84 Å². The number of sulfone groups is 1. The molecule has 2 unspecified atom stereocenters. The zero-order valence-corrected chi connectivity index (χ0v) is 11.7. The highest BCUT2D eigenvalue weighted by Gasteiger charge is 2.33. The normalized spacial score (nSPS) is 30.4. The summed E-state index contributed by atoms with van der Waals surface area (Å²) in [7, 11) is -2.87. The van der Waals surface area contributed by atoms with Crippen LogP contribution >= 0.6 is 0 Å². The maximum Gasteiger partial charge on any atom is 0.147 e. The summed E-state index contributed by atoms with van der Waals surface area (Å²) in [4.78, 5) is 0. The van der Waals surface area contributed by atoms with Crippen LogP contribution in [-0.2, 0) is 9.84 Å².